The maximum absolute atomic E-state index is 12.9. The zero-order valence-corrected chi connectivity index (χ0v) is 15.4. The van der Waals surface area contributed by atoms with Gasteiger partial charge in [0, 0.05) is 37.1 Å². The molecule has 5 nitrogen and oxygen atoms in total. The van der Waals surface area contributed by atoms with Crippen LogP contribution >= 0.6 is 11.8 Å². The Kier molecular flexibility index (Phi) is 6.08. The van der Waals surface area contributed by atoms with Crippen molar-refractivity contribution in [3.63, 3.8) is 0 Å². The molecule has 0 saturated carbocycles. The topological polar surface area (TPSA) is 48.1 Å². The molecule has 1 fully saturated rings. The number of alkyl halides is 3. The highest BCUT2D eigenvalue weighted by molar-refractivity contribution is 7.99. The van der Waals surface area contributed by atoms with E-state index in [1.165, 1.54) is 18.5 Å². The molecule has 1 aliphatic rings. The molecule has 0 radical (unpaired) electrons. The van der Waals surface area contributed by atoms with Crippen LogP contribution in [0.5, 0.6) is 0 Å². The molecule has 1 aromatic carbocycles. The summed E-state index contributed by atoms with van der Waals surface area (Å²) in [6.07, 6.45) is -1.78. The van der Waals surface area contributed by atoms with Crippen molar-refractivity contribution in [2.24, 2.45) is 0 Å². The molecule has 9 heteroatoms. The monoisotopic (exact) mass is 385 g/mol. The number of rotatable bonds is 6. The van der Waals surface area contributed by atoms with Gasteiger partial charge in [0.25, 0.3) is 0 Å². The van der Waals surface area contributed by atoms with Crippen molar-refractivity contribution < 1.29 is 13.2 Å². The maximum Gasteiger partial charge on any atom is 0.416 e. The van der Waals surface area contributed by atoms with Gasteiger partial charge in [0.15, 0.2) is 5.16 Å². The van der Waals surface area contributed by atoms with Gasteiger partial charge in [0.1, 0.15) is 6.33 Å². The predicted molar refractivity (Wildman–Crippen MR) is 96.4 cm³/mol. The van der Waals surface area contributed by atoms with Gasteiger partial charge in [-0.2, -0.15) is 18.3 Å². The van der Waals surface area contributed by atoms with Gasteiger partial charge in [-0.15, -0.1) is 0 Å². The van der Waals surface area contributed by atoms with E-state index < -0.39 is 11.7 Å². The summed E-state index contributed by atoms with van der Waals surface area (Å²) in [5.41, 5.74) is 0.0573. The molecule has 1 saturated heterocycles. The Morgan fingerprint density at radius 3 is 2.85 bits per heavy atom. The molecule has 0 bridgehead atoms. The van der Waals surface area contributed by atoms with Crippen molar-refractivity contribution in [1.82, 2.24) is 20.1 Å². The molecule has 1 unspecified atom stereocenters. The van der Waals surface area contributed by atoms with Gasteiger partial charge in [-0.1, -0.05) is 17.8 Å². The quantitative estimate of drug-likeness (QED) is 0.609. The number of thioether (sulfide) groups is 1. The van der Waals surface area contributed by atoms with E-state index in [4.69, 9.17) is 0 Å². The number of nitrogens with zero attached hydrogens (tertiary/aromatic N) is 4. The molecule has 1 aromatic heterocycles. The number of hydrogen-bond acceptors (Lipinski definition) is 5. The summed E-state index contributed by atoms with van der Waals surface area (Å²) in [6, 6.07) is 5.79. The Hall–Kier alpha value is -1.74. The van der Waals surface area contributed by atoms with Gasteiger partial charge in [0.2, 0.25) is 0 Å². The van der Waals surface area contributed by atoms with Gasteiger partial charge < -0.3 is 4.90 Å². The highest BCUT2D eigenvalue weighted by Gasteiger charge is 2.31. The van der Waals surface area contributed by atoms with Gasteiger partial charge >= 0.3 is 6.18 Å². The van der Waals surface area contributed by atoms with Crippen LogP contribution in [0.2, 0.25) is 0 Å². The van der Waals surface area contributed by atoms with E-state index in [-0.39, 0.29) is 6.04 Å². The SMILES string of the molecule is CC1CN(CCCSc2ncn[nH]2)CCN1c1cccc(C(F)(F)F)c1. The summed E-state index contributed by atoms with van der Waals surface area (Å²) in [4.78, 5) is 8.51. The number of benzene rings is 1. The van der Waals surface area contributed by atoms with Crippen molar-refractivity contribution in [2.75, 3.05) is 36.8 Å². The molecule has 0 aliphatic carbocycles. The van der Waals surface area contributed by atoms with Crippen molar-refractivity contribution in [2.45, 2.75) is 30.7 Å². The van der Waals surface area contributed by atoms with Crippen LogP contribution in [0.15, 0.2) is 35.7 Å². The van der Waals surface area contributed by atoms with E-state index in [0.29, 0.717) is 5.69 Å². The second-order valence-corrected chi connectivity index (χ2v) is 7.47. The Morgan fingerprint density at radius 2 is 2.15 bits per heavy atom. The molecular weight excluding hydrogens is 363 g/mol. The second-order valence-electron chi connectivity index (χ2n) is 6.38. The standard InChI is InChI=1S/C17H22F3N5S/c1-13-11-24(6-3-9-26-16-21-12-22-23-16)7-8-25(13)15-5-2-4-14(10-15)17(18,19)20/h2,4-5,10,12-13H,3,6-9,11H2,1H3,(H,21,22,23). The van der Waals surface area contributed by atoms with Gasteiger partial charge in [-0.25, -0.2) is 4.98 Å². The lowest BCUT2D eigenvalue weighted by Crippen LogP contribution is -2.52. The van der Waals surface area contributed by atoms with E-state index in [1.807, 2.05) is 0 Å². The molecule has 142 valence electrons. The molecule has 1 N–H and O–H groups in total. The lowest BCUT2D eigenvalue weighted by Gasteiger charge is -2.41. The van der Waals surface area contributed by atoms with Crippen LogP contribution in [-0.2, 0) is 6.18 Å². The molecule has 1 atom stereocenters. The molecule has 2 heterocycles. The number of H-pyrrole nitrogens is 1. The van der Waals surface area contributed by atoms with E-state index >= 15 is 0 Å². The molecule has 0 spiro atoms. The molecular formula is C17H22F3N5S. The average Bonchev–Trinajstić information content (AvgIpc) is 3.12. The third-order valence-electron chi connectivity index (χ3n) is 4.47. The first-order chi connectivity index (χ1) is 12.4. The fraction of sp³-hybridized carbons (Fsp3) is 0.529. The minimum atomic E-state index is -4.30. The Labute approximate surface area is 155 Å². The van der Waals surface area contributed by atoms with Crippen molar-refractivity contribution in [3.05, 3.63) is 36.2 Å². The first-order valence-corrected chi connectivity index (χ1v) is 9.56. The summed E-state index contributed by atoms with van der Waals surface area (Å²) >= 11 is 1.64. The zero-order valence-electron chi connectivity index (χ0n) is 14.5. The van der Waals surface area contributed by atoms with Crippen LogP contribution in [0.4, 0.5) is 18.9 Å². The van der Waals surface area contributed by atoms with Crippen LogP contribution in [0, 0.1) is 0 Å². The molecule has 26 heavy (non-hydrogen) atoms. The number of hydrogen-bond donors (Lipinski definition) is 1. The summed E-state index contributed by atoms with van der Waals surface area (Å²) < 4.78 is 38.8. The second kappa shape index (κ2) is 8.30. The van der Waals surface area contributed by atoms with E-state index in [0.717, 1.165) is 49.6 Å². The Bertz CT molecular complexity index is 692. The predicted octanol–water partition coefficient (Wildman–Crippen LogP) is 3.52. The molecule has 0 amide bonds. The van der Waals surface area contributed by atoms with Crippen LogP contribution in [0.1, 0.15) is 18.9 Å². The Balaban J connectivity index is 1.49. The van der Waals surface area contributed by atoms with Crippen LogP contribution in [-0.4, -0.2) is 58.1 Å². The van der Waals surface area contributed by atoms with Crippen LogP contribution < -0.4 is 4.90 Å². The lowest BCUT2D eigenvalue weighted by atomic mass is 10.1. The largest absolute Gasteiger partial charge is 0.416 e. The van der Waals surface area contributed by atoms with Crippen molar-refractivity contribution in [1.29, 1.82) is 0 Å². The molecule has 2 aromatic rings. The normalized spacial score (nSPS) is 19.1. The average molecular weight is 385 g/mol. The minimum Gasteiger partial charge on any atom is -0.366 e. The summed E-state index contributed by atoms with van der Waals surface area (Å²) in [7, 11) is 0. The number of halogens is 3. The number of nitrogens with one attached hydrogen (secondary N) is 1. The number of piperazine rings is 1. The van der Waals surface area contributed by atoms with E-state index in [1.54, 1.807) is 17.8 Å². The molecule has 1 aliphatic heterocycles. The van der Waals surface area contributed by atoms with E-state index in [2.05, 4.69) is 31.9 Å². The van der Waals surface area contributed by atoms with Crippen molar-refractivity contribution in [3.8, 4) is 0 Å². The third-order valence-corrected chi connectivity index (χ3v) is 5.43. The molecule has 3 rings (SSSR count). The van der Waals surface area contributed by atoms with Gasteiger partial charge in [0.05, 0.1) is 5.56 Å². The van der Waals surface area contributed by atoms with Gasteiger partial charge in [-0.05, 0) is 38.1 Å². The van der Waals surface area contributed by atoms with Crippen molar-refractivity contribution >= 4 is 17.4 Å². The van der Waals surface area contributed by atoms with Crippen LogP contribution in [0.25, 0.3) is 0 Å². The lowest BCUT2D eigenvalue weighted by molar-refractivity contribution is -0.137. The summed E-state index contributed by atoms with van der Waals surface area (Å²) in [5.74, 6) is 0.956. The fourth-order valence-electron chi connectivity index (χ4n) is 3.20. The third kappa shape index (κ3) is 4.91. The zero-order chi connectivity index (χ0) is 18.6. The smallest absolute Gasteiger partial charge is 0.366 e. The van der Waals surface area contributed by atoms with Gasteiger partial charge in [-0.3, -0.25) is 10.00 Å². The highest BCUT2D eigenvalue weighted by Crippen LogP contribution is 2.32. The number of aromatic nitrogens is 3. The number of anilines is 1. The van der Waals surface area contributed by atoms with Crippen LogP contribution in [0.3, 0.4) is 0 Å². The summed E-state index contributed by atoms with van der Waals surface area (Å²) in [5, 5.41) is 7.47. The fourth-order valence-corrected chi connectivity index (χ4v) is 3.91. The highest BCUT2D eigenvalue weighted by atomic mass is 32.2. The maximum atomic E-state index is 12.9. The summed E-state index contributed by atoms with van der Waals surface area (Å²) in [6.45, 7) is 5.48. The Morgan fingerprint density at radius 1 is 1.31 bits per heavy atom. The minimum absolute atomic E-state index is 0.175. The number of aromatic amines is 1. The van der Waals surface area contributed by atoms with E-state index in [9.17, 15) is 13.2 Å². The first-order valence-electron chi connectivity index (χ1n) is 8.58. The first kappa shape index (κ1) is 19.0.